The van der Waals surface area contributed by atoms with Crippen LogP contribution >= 0.6 is 35.0 Å². The average Bonchev–Trinajstić information content (AvgIpc) is 3.20. The van der Waals surface area contributed by atoms with Crippen molar-refractivity contribution in [2.75, 3.05) is 5.32 Å². The number of nitrogens with zero attached hydrogens (tertiary/aromatic N) is 4. The number of sulfonamides is 1. The quantitative estimate of drug-likeness (QED) is 0.215. The van der Waals surface area contributed by atoms with Gasteiger partial charge in [0.15, 0.2) is 10.8 Å². The minimum absolute atomic E-state index is 0.0463. The van der Waals surface area contributed by atoms with Crippen LogP contribution < -0.4 is 10.5 Å². The van der Waals surface area contributed by atoms with Gasteiger partial charge in [0.1, 0.15) is 5.52 Å². The summed E-state index contributed by atoms with van der Waals surface area (Å²) in [7, 11) is -3.92. The van der Waals surface area contributed by atoms with Crippen LogP contribution in [0.1, 0.15) is 6.92 Å². The molecule has 1 atom stereocenters. The molecule has 5 aromatic rings. The van der Waals surface area contributed by atoms with E-state index in [1.165, 1.54) is 36.2 Å². The van der Waals surface area contributed by atoms with E-state index in [1.54, 1.807) is 6.92 Å². The van der Waals surface area contributed by atoms with Crippen molar-refractivity contribution in [3.8, 4) is 5.69 Å². The van der Waals surface area contributed by atoms with Crippen molar-refractivity contribution < 1.29 is 13.2 Å². The monoisotopic (exact) mass is 572 g/mol. The number of primary sulfonamides is 1. The predicted octanol–water partition coefficient (Wildman–Crippen LogP) is 5.04. The van der Waals surface area contributed by atoms with Crippen molar-refractivity contribution in [3.63, 3.8) is 0 Å². The molecule has 188 valence electrons. The third kappa shape index (κ3) is 5.13. The number of amides is 1. The Hall–Kier alpha value is -3.22. The van der Waals surface area contributed by atoms with E-state index in [-0.39, 0.29) is 26.8 Å². The Morgan fingerprint density at radius 2 is 1.84 bits per heavy atom. The molecule has 0 bridgehead atoms. The maximum atomic E-state index is 13.1. The Morgan fingerprint density at radius 1 is 1.08 bits per heavy atom. The van der Waals surface area contributed by atoms with E-state index in [9.17, 15) is 13.2 Å². The molecule has 1 unspecified atom stereocenters. The molecule has 2 heterocycles. The molecule has 0 spiro atoms. The highest BCUT2D eigenvalue weighted by Gasteiger charge is 2.23. The molecule has 13 heteroatoms. The fourth-order valence-electron chi connectivity index (χ4n) is 3.75. The summed E-state index contributed by atoms with van der Waals surface area (Å²) in [5, 5.41) is 9.89. The summed E-state index contributed by atoms with van der Waals surface area (Å²) in [5.74, 6) is -0.365. The van der Waals surface area contributed by atoms with Crippen LogP contribution in [-0.2, 0) is 14.8 Å². The number of thioether (sulfide) groups is 1. The van der Waals surface area contributed by atoms with Gasteiger partial charge in [-0.2, -0.15) is 4.98 Å². The fourth-order valence-corrected chi connectivity index (χ4v) is 5.64. The second-order valence-corrected chi connectivity index (χ2v) is 11.6. The number of carbonyl (C=O) groups excluding carboxylic acids is 1. The number of rotatable bonds is 6. The van der Waals surface area contributed by atoms with E-state index < -0.39 is 15.3 Å². The third-order valence-electron chi connectivity index (χ3n) is 5.53. The van der Waals surface area contributed by atoms with E-state index in [2.05, 4.69) is 20.3 Å². The first-order chi connectivity index (χ1) is 17.6. The summed E-state index contributed by atoms with van der Waals surface area (Å²) in [6.07, 6.45) is 1.54. The Morgan fingerprint density at radius 3 is 2.59 bits per heavy atom. The Labute approximate surface area is 226 Å². The lowest BCUT2D eigenvalue weighted by molar-refractivity contribution is -0.115. The predicted molar refractivity (Wildman–Crippen MR) is 146 cm³/mol. The van der Waals surface area contributed by atoms with Crippen LogP contribution in [0.2, 0.25) is 10.3 Å². The largest absolute Gasteiger partial charge is 0.324 e. The second-order valence-electron chi connectivity index (χ2n) is 8.01. The molecule has 1 amide bonds. The summed E-state index contributed by atoms with van der Waals surface area (Å²) >= 11 is 13.5. The molecule has 0 saturated heterocycles. The molecule has 5 rings (SSSR count). The van der Waals surface area contributed by atoms with Crippen molar-refractivity contribution in [1.29, 1.82) is 0 Å². The second kappa shape index (κ2) is 9.92. The number of hydrogen-bond acceptors (Lipinski definition) is 7. The van der Waals surface area contributed by atoms with Crippen LogP contribution in [0.3, 0.4) is 0 Å². The molecule has 3 aromatic carbocycles. The van der Waals surface area contributed by atoms with Crippen molar-refractivity contribution in [3.05, 3.63) is 77.2 Å². The summed E-state index contributed by atoms with van der Waals surface area (Å²) in [5.41, 5.74) is 2.11. The summed E-state index contributed by atoms with van der Waals surface area (Å²) < 4.78 is 25.0. The minimum atomic E-state index is -3.92. The topological polar surface area (TPSA) is 133 Å². The molecule has 0 fully saturated rings. The number of fused-ring (bicyclic) bond motifs is 2. The normalized spacial score (nSPS) is 12.6. The number of imidazole rings is 1. The van der Waals surface area contributed by atoms with Gasteiger partial charge in [-0.3, -0.25) is 9.36 Å². The molecule has 0 radical (unpaired) electrons. The van der Waals surface area contributed by atoms with Crippen LogP contribution in [0.25, 0.3) is 27.6 Å². The van der Waals surface area contributed by atoms with Crippen molar-refractivity contribution in [2.45, 2.75) is 22.2 Å². The highest BCUT2D eigenvalue weighted by molar-refractivity contribution is 8.00. The van der Waals surface area contributed by atoms with Gasteiger partial charge in [-0.15, -0.1) is 0 Å². The smallest absolute Gasteiger partial charge is 0.238 e. The van der Waals surface area contributed by atoms with Gasteiger partial charge in [0.25, 0.3) is 0 Å². The highest BCUT2D eigenvalue weighted by Crippen LogP contribution is 2.34. The number of anilines is 1. The van der Waals surface area contributed by atoms with Crippen LogP contribution in [-0.4, -0.2) is 39.1 Å². The zero-order valence-electron chi connectivity index (χ0n) is 19.1. The molecular formula is C24H18Cl2N6O3S2. The maximum absolute atomic E-state index is 13.1. The zero-order chi connectivity index (χ0) is 26.3. The average molecular weight is 573 g/mol. The summed E-state index contributed by atoms with van der Waals surface area (Å²) in [6.45, 7) is 1.72. The van der Waals surface area contributed by atoms with Crippen molar-refractivity contribution >= 4 is 78.5 Å². The first kappa shape index (κ1) is 25.4. The lowest BCUT2D eigenvalue weighted by atomic mass is 10.1. The van der Waals surface area contributed by atoms with E-state index in [1.807, 2.05) is 47.0 Å². The van der Waals surface area contributed by atoms with E-state index in [4.69, 9.17) is 28.3 Å². The lowest BCUT2D eigenvalue weighted by Gasteiger charge is -2.15. The number of benzene rings is 3. The molecule has 0 aliphatic rings. The van der Waals surface area contributed by atoms with Gasteiger partial charge in [0.05, 0.1) is 32.7 Å². The third-order valence-corrected chi connectivity index (χ3v) is 7.98. The van der Waals surface area contributed by atoms with Gasteiger partial charge < -0.3 is 5.32 Å². The van der Waals surface area contributed by atoms with Gasteiger partial charge in [-0.1, -0.05) is 59.8 Å². The SMILES string of the molecule is CC(Sc1nc2cnc(Cl)nc2n1-c1cccc2ccccc12)C(=O)Nc1ccc(S(N)(=O)=O)cc1Cl. The van der Waals surface area contributed by atoms with Gasteiger partial charge in [0, 0.05) is 5.39 Å². The van der Waals surface area contributed by atoms with Gasteiger partial charge in [0.2, 0.25) is 21.2 Å². The fraction of sp³-hybridized carbons (Fsp3) is 0.0833. The minimum Gasteiger partial charge on any atom is -0.324 e. The number of nitrogens with one attached hydrogen (secondary N) is 1. The van der Waals surface area contributed by atoms with Crippen LogP contribution in [0, 0.1) is 0 Å². The number of aromatic nitrogens is 4. The van der Waals surface area contributed by atoms with Gasteiger partial charge >= 0.3 is 0 Å². The van der Waals surface area contributed by atoms with Crippen LogP contribution in [0.4, 0.5) is 5.69 Å². The number of nitrogens with two attached hydrogens (primary N) is 1. The van der Waals surface area contributed by atoms with E-state index >= 15 is 0 Å². The number of hydrogen-bond donors (Lipinski definition) is 2. The van der Waals surface area contributed by atoms with Crippen molar-refractivity contribution in [1.82, 2.24) is 19.5 Å². The molecule has 2 aromatic heterocycles. The number of halogens is 2. The maximum Gasteiger partial charge on any atom is 0.238 e. The van der Waals surface area contributed by atoms with E-state index in [0.717, 1.165) is 16.5 Å². The Balaban J connectivity index is 1.51. The first-order valence-electron chi connectivity index (χ1n) is 10.8. The molecule has 0 aliphatic carbocycles. The Bertz CT molecular complexity index is 1790. The molecular weight excluding hydrogens is 555 g/mol. The number of carbonyl (C=O) groups is 1. The van der Waals surface area contributed by atoms with Gasteiger partial charge in [-0.25, -0.2) is 23.5 Å². The van der Waals surface area contributed by atoms with Crippen LogP contribution in [0.5, 0.6) is 0 Å². The zero-order valence-corrected chi connectivity index (χ0v) is 22.2. The van der Waals surface area contributed by atoms with Crippen molar-refractivity contribution in [2.24, 2.45) is 5.14 Å². The first-order valence-corrected chi connectivity index (χ1v) is 14.0. The standard InChI is InChI=1S/C24H18Cl2N6O3S2/c1-13(22(33)29-18-10-9-15(11-17(18)25)37(27,34)35)36-24-30-19-12-28-23(26)31-21(19)32(24)20-8-4-6-14-5-2-3-7-16(14)20/h2-13H,1H3,(H,29,33)(H2,27,34,35). The van der Waals surface area contributed by atoms with Crippen LogP contribution in [0.15, 0.2) is 76.9 Å². The molecule has 3 N–H and O–H groups in total. The lowest BCUT2D eigenvalue weighted by Crippen LogP contribution is -2.23. The van der Waals surface area contributed by atoms with E-state index in [0.29, 0.717) is 16.3 Å². The molecule has 0 saturated carbocycles. The Kier molecular flexibility index (Phi) is 6.82. The molecule has 9 nitrogen and oxygen atoms in total. The molecule has 37 heavy (non-hydrogen) atoms. The van der Waals surface area contributed by atoms with Gasteiger partial charge in [-0.05, 0) is 48.2 Å². The highest BCUT2D eigenvalue weighted by atomic mass is 35.5. The molecule has 0 aliphatic heterocycles. The summed E-state index contributed by atoms with van der Waals surface area (Å²) in [4.78, 5) is 26.0. The summed E-state index contributed by atoms with van der Waals surface area (Å²) in [6, 6.07) is 17.6.